The molecule has 2 aromatic rings. The van der Waals surface area contributed by atoms with E-state index in [1.54, 1.807) is 0 Å². The van der Waals surface area contributed by atoms with Crippen LogP contribution in [0.2, 0.25) is 5.02 Å². The Hall–Kier alpha value is -0.0600. The molecule has 0 N–H and O–H groups in total. The van der Waals surface area contributed by atoms with E-state index in [0.29, 0.717) is 0 Å². The van der Waals surface area contributed by atoms with Gasteiger partial charge in [0, 0.05) is 8.59 Å². The van der Waals surface area contributed by atoms with Crippen molar-refractivity contribution in [2.24, 2.45) is 0 Å². The highest BCUT2D eigenvalue weighted by molar-refractivity contribution is 14.1. The molecule has 0 saturated carbocycles. The maximum absolute atomic E-state index is 6.17. The zero-order valence-electron chi connectivity index (χ0n) is 12.0. The third kappa shape index (κ3) is 3.07. The summed E-state index contributed by atoms with van der Waals surface area (Å²) in [6.45, 7) is 8.74. The van der Waals surface area contributed by atoms with Crippen molar-refractivity contribution in [3.05, 3.63) is 66.2 Å². The molecule has 2 aromatic carbocycles. The van der Waals surface area contributed by atoms with Gasteiger partial charge in [-0.3, -0.25) is 0 Å². The molecule has 1 atom stereocenters. The highest BCUT2D eigenvalue weighted by Crippen LogP contribution is 2.39. The van der Waals surface area contributed by atoms with E-state index < -0.39 is 0 Å². The summed E-state index contributed by atoms with van der Waals surface area (Å²) >= 11 is 12.4. The van der Waals surface area contributed by atoms with E-state index in [1.807, 2.05) is 6.07 Å². The van der Waals surface area contributed by atoms with Gasteiger partial charge in [0.05, 0.1) is 4.83 Å². The van der Waals surface area contributed by atoms with Crippen LogP contribution < -0.4 is 0 Å². The first-order valence-electron chi connectivity index (χ1n) is 6.49. The summed E-state index contributed by atoms with van der Waals surface area (Å²) in [7, 11) is 0. The molecule has 2 rings (SSSR count). The SMILES string of the molecule is Cc1cc(C)c(C)c(C(Br)c2cc(Cl)ccc2I)c1C. The molecule has 0 nitrogen and oxygen atoms in total. The smallest absolute Gasteiger partial charge is 0.0660 e. The fraction of sp³-hybridized carbons (Fsp3) is 0.294. The Bertz CT molecular complexity index is 638. The first kappa shape index (κ1) is 16.3. The van der Waals surface area contributed by atoms with Crippen LogP contribution in [0.1, 0.15) is 38.2 Å². The highest BCUT2D eigenvalue weighted by atomic mass is 127. The Balaban J connectivity index is 2.65. The number of rotatable bonds is 2. The monoisotopic (exact) mass is 462 g/mol. The van der Waals surface area contributed by atoms with Crippen LogP contribution in [0.5, 0.6) is 0 Å². The fourth-order valence-electron chi connectivity index (χ4n) is 2.49. The van der Waals surface area contributed by atoms with Crippen molar-refractivity contribution in [1.82, 2.24) is 0 Å². The Morgan fingerprint density at radius 1 is 1.00 bits per heavy atom. The van der Waals surface area contributed by atoms with E-state index in [9.17, 15) is 0 Å². The molecule has 0 spiro atoms. The summed E-state index contributed by atoms with van der Waals surface area (Å²) in [5.74, 6) is 0. The van der Waals surface area contributed by atoms with Crippen molar-refractivity contribution >= 4 is 50.1 Å². The zero-order chi connectivity index (χ0) is 15.0. The van der Waals surface area contributed by atoms with Crippen molar-refractivity contribution in [2.75, 3.05) is 0 Å². The molecule has 0 fully saturated rings. The third-order valence-corrected chi connectivity index (χ3v) is 6.08. The van der Waals surface area contributed by atoms with Crippen molar-refractivity contribution < 1.29 is 0 Å². The van der Waals surface area contributed by atoms with Gasteiger partial charge >= 0.3 is 0 Å². The second-order valence-corrected chi connectivity index (χ2v) is 7.72. The average Bonchev–Trinajstić information content (AvgIpc) is 2.39. The van der Waals surface area contributed by atoms with Crippen LogP contribution >= 0.6 is 50.1 Å². The first-order chi connectivity index (χ1) is 9.32. The summed E-state index contributed by atoms with van der Waals surface area (Å²) in [6.07, 6.45) is 0. The Morgan fingerprint density at radius 3 is 2.10 bits per heavy atom. The third-order valence-electron chi connectivity index (χ3n) is 3.91. The number of alkyl halides is 1. The van der Waals surface area contributed by atoms with Gasteiger partial charge in [0.25, 0.3) is 0 Å². The van der Waals surface area contributed by atoms with Gasteiger partial charge in [-0.25, -0.2) is 0 Å². The van der Waals surface area contributed by atoms with E-state index in [2.05, 4.69) is 84.4 Å². The molecule has 0 bridgehead atoms. The van der Waals surface area contributed by atoms with Gasteiger partial charge in [0.15, 0.2) is 0 Å². The topological polar surface area (TPSA) is 0 Å². The quantitative estimate of drug-likeness (QED) is 0.345. The molecule has 106 valence electrons. The normalized spacial score (nSPS) is 12.6. The standard InChI is InChI=1S/C17H17BrClI/c1-9-7-10(2)12(4)16(11(9)3)17(18)14-8-13(19)5-6-15(14)20/h5-8,17H,1-4H3. The van der Waals surface area contributed by atoms with E-state index in [1.165, 1.54) is 37.0 Å². The summed E-state index contributed by atoms with van der Waals surface area (Å²) in [4.78, 5) is 0.173. The van der Waals surface area contributed by atoms with E-state index >= 15 is 0 Å². The van der Waals surface area contributed by atoms with Crippen molar-refractivity contribution in [1.29, 1.82) is 0 Å². The predicted molar refractivity (Wildman–Crippen MR) is 100 cm³/mol. The van der Waals surface area contributed by atoms with E-state index in [-0.39, 0.29) is 4.83 Å². The molecule has 0 aliphatic carbocycles. The number of aryl methyl sites for hydroxylation is 2. The summed E-state index contributed by atoms with van der Waals surface area (Å²) in [6, 6.07) is 8.32. The lowest BCUT2D eigenvalue weighted by molar-refractivity contribution is 1.07. The Kier molecular flexibility index (Phi) is 5.19. The maximum atomic E-state index is 6.17. The van der Waals surface area contributed by atoms with Gasteiger partial charge in [-0.05, 0) is 102 Å². The summed E-state index contributed by atoms with van der Waals surface area (Å²) in [5, 5.41) is 0.782. The molecule has 0 heterocycles. The molecule has 20 heavy (non-hydrogen) atoms. The fourth-order valence-corrected chi connectivity index (χ4v) is 4.81. The van der Waals surface area contributed by atoms with Crippen LogP contribution in [0.25, 0.3) is 0 Å². The summed E-state index contributed by atoms with van der Waals surface area (Å²) < 4.78 is 1.23. The predicted octanol–water partition coefficient (Wildman–Crippen LogP) is 6.66. The summed E-state index contributed by atoms with van der Waals surface area (Å²) in [5.41, 5.74) is 7.97. The number of hydrogen-bond acceptors (Lipinski definition) is 0. The van der Waals surface area contributed by atoms with Crippen LogP contribution in [-0.2, 0) is 0 Å². The molecule has 0 aliphatic heterocycles. The second-order valence-electron chi connectivity index (χ2n) is 5.20. The number of benzene rings is 2. The van der Waals surface area contributed by atoms with Gasteiger partial charge in [-0.15, -0.1) is 0 Å². The van der Waals surface area contributed by atoms with Gasteiger partial charge < -0.3 is 0 Å². The van der Waals surface area contributed by atoms with Crippen LogP contribution in [0.15, 0.2) is 24.3 Å². The molecule has 0 amide bonds. The largest absolute Gasteiger partial charge is 0.0843 e. The average molecular weight is 464 g/mol. The van der Waals surface area contributed by atoms with Crippen LogP contribution in [0.4, 0.5) is 0 Å². The van der Waals surface area contributed by atoms with Crippen LogP contribution in [0.3, 0.4) is 0 Å². The van der Waals surface area contributed by atoms with Gasteiger partial charge in [-0.2, -0.15) is 0 Å². The molecule has 3 heteroatoms. The first-order valence-corrected chi connectivity index (χ1v) is 8.86. The minimum atomic E-state index is 0.173. The van der Waals surface area contributed by atoms with Crippen LogP contribution in [0, 0.1) is 31.3 Å². The highest BCUT2D eigenvalue weighted by Gasteiger charge is 2.20. The lowest BCUT2D eigenvalue weighted by atomic mass is 9.90. The second kappa shape index (κ2) is 6.37. The van der Waals surface area contributed by atoms with E-state index in [4.69, 9.17) is 11.6 Å². The number of hydrogen-bond donors (Lipinski definition) is 0. The lowest BCUT2D eigenvalue weighted by Gasteiger charge is -2.21. The van der Waals surface area contributed by atoms with Gasteiger partial charge in [0.1, 0.15) is 0 Å². The molecular formula is C17H17BrClI. The minimum absolute atomic E-state index is 0.173. The zero-order valence-corrected chi connectivity index (χ0v) is 16.5. The van der Waals surface area contributed by atoms with Crippen molar-refractivity contribution in [2.45, 2.75) is 32.5 Å². The molecule has 1 unspecified atom stereocenters. The van der Waals surface area contributed by atoms with Crippen molar-refractivity contribution in [3.63, 3.8) is 0 Å². The maximum Gasteiger partial charge on any atom is 0.0660 e. The Morgan fingerprint density at radius 2 is 1.55 bits per heavy atom. The van der Waals surface area contributed by atoms with Gasteiger partial charge in [0.2, 0.25) is 0 Å². The molecule has 0 saturated heterocycles. The van der Waals surface area contributed by atoms with Crippen LogP contribution in [-0.4, -0.2) is 0 Å². The number of halogens is 3. The molecule has 0 aliphatic rings. The van der Waals surface area contributed by atoms with Gasteiger partial charge in [-0.1, -0.05) is 33.6 Å². The minimum Gasteiger partial charge on any atom is -0.0843 e. The van der Waals surface area contributed by atoms with Crippen molar-refractivity contribution in [3.8, 4) is 0 Å². The van der Waals surface area contributed by atoms with E-state index in [0.717, 1.165) is 5.02 Å². The molecule has 0 aromatic heterocycles. The molecule has 0 radical (unpaired) electrons. The lowest BCUT2D eigenvalue weighted by Crippen LogP contribution is -2.04. The molecular weight excluding hydrogens is 446 g/mol. The Labute approximate surface area is 148 Å².